The van der Waals surface area contributed by atoms with E-state index in [1.165, 1.54) is 0 Å². The second kappa shape index (κ2) is 17.0. The molecule has 0 bridgehead atoms. The molecule has 0 saturated carbocycles. The Balaban J connectivity index is 0. The molecule has 0 saturated heterocycles. The molecule has 4 heteroatoms. The van der Waals surface area contributed by atoms with Gasteiger partial charge in [-0.05, 0) is 0 Å². The first-order valence-corrected chi connectivity index (χ1v) is 0. The predicted octanol–water partition coefficient (Wildman–Crippen LogP) is -1.14. The number of rotatable bonds is 0. The molecule has 0 aliphatic rings. The van der Waals surface area contributed by atoms with Crippen molar-refractivity contribution in [2.45, 2.75) is 0 Å². The van der Waals surface area contributed by atoms with Gasteiger partial charge in [-0.25, -0.2) is 0 Å². The second-order valence-electron chi connectivity index (χ2n) is 0. The van der Waals surface area contributed by atoms with Gasteiger partial charge in [-0.2, -0.15) is 0 Å². The molecular weight excluding hydrogens is 428 g/mol. The van der Waals surface area contributed by atoms with E-state index in [4.69, 9.17) is 0 Å². The average molecular weight is 428 g/mol. The van der Waals surface area contributed by atoms with Crippen LogP contribution in [-0.2, 0) is 20.4 Å². The van der Waals surface area contributed by atoms with E-state index >= 15 is 0 Å². The predicted molar refractivity (Wildman–Crippen MR) is 17.3 cm³/mol. The molecule has 0 aromatic rings. The summed E-state index contributed by atoms with van der Waals surface area (Å²) in [6.07, 6.45) is 0. The Morgan fingerprint density at radius 1 is 1.00 bits per heavy atom. The first kappa shape index (κ1) is 29.1. The third kappa shape index (κ3) is 8.84. The second-order valence-corrected chi connectivity index (χ2v) is 0. The summed E-state index contributed by atoms with van der Waals surface area (Å²) in [4.78, 5) is 0. The standard InChI is InChI=1S/Ge.Pd.Sb.Te. The van der Waals surface area contributed by atoms with Gasteiger partial charge in [0.15, 0.2) is 0 Å². The van der Waals surface area contributed by atoms with Gasteiger partial charge >= 0.3 is 0 Å². The van der Waals surface area contributed by atoms with E-state index in [0.29, 0.717) is 0 Å². The topological polar surface area (TPSA) is 0 Å². The molecule has 0 rings (SSSR count). The van der Waals surface area contributed by atoms with Gasteiger partial charge in [0, 0.05) is 86.1 Å². The maximum Gasteiger partial charge on any atom is 0 e. The molecule has 0 atom stereocenters. The van der Waals surface area contributed by atoms with Crippen LogP contribution in [0, 0.1) is 0 Å². The van der Waals surface area contributed by atoms with Crippen LogP contribution in [0.2, 0.25) is 0 Å². The van der Waals surface area contributed by atoms with Crippen LogP contribution in [0.1, 0.15) is 0 Å². The molecule has 25 valence electrons. The van der Waals surface area contributed by atoms with Crippen molar-refractivity contribution in [3.05, 3.63) is 0 Å². The van der Waals surface area contributed by atoms with Crippen LogP contribution in [0.4, 0.5) is 0 Å². The minimum Gasteiger partial charge on any atom is 0 e. The van der Waals surface area contributed by atoms with E-state index in [1.54, 1.807) is 0 Å². The van der Waals surface area contributed by atoms with Gasteiger partial charge in [0.25, 0.3) is 0 Å². The summed E-state index contributed by atoms with van der Waals surface area (Å²) in [5.41, 5.74) is 0. The Hall–Kier alpha value is 2.81. The summed E-state index contributed by atoms with van der Waals surface area (Å²) >= 11 is 0. The van der Waals surface area contributed by atoms with Crippen LogP contribution in [0.3, 0.4) is 0 Å². The van der Waals surface area contributed by atoms with Crippen molar-refractivity contribution in [1.82, 2.24) is 0 Å². The van der Waals surface area contributed by atoms with E-state index in [0.717, 1.165) is 0 Å². The summed E-state index contributed by atoms with van der Waals surface area (Å²) < 4.78 is 0. The fourth-order valence-corrected chi connectivity index (χ4v) is 0. The van der Waals surface area contributed by atoms with Gasteiger partial charge in [0.1, 0.15) is 0 Å². The van der Waals surface area contributed by atoms with Crippen LogP contribution < -0.4 is 0 Å². The Labute approximate surface area is 84.7 Å². The summed E-state index contributed by atoms with van der Waals surface area (Å²) in [6, 6.07) is 0. The minimum atomic E-state index is 0. The Kier molecular flexibility index (Phi) is 124. The molecule has 0 nitrogen and oxygen atoms in total. The van der Waals surface area contributed by atoms with Crippen LogP contribution in [0.25, 0.3) is 0 Å². The summed E-state index contributed by atoms with van der Waals surface area (Å²) in [5.74, 6) is 0. The molecule has 9 radical (unpaired) electrons. The van der Waals surface area contributed by atoms with Gasteiger partial charge in [-0.15, -0.1) is 0 Å². The Morgan fingerprint density at radius 2 is 1.00 bits per heavy atom. The van der Waals surface area contributed by atoms with Gasteiger partial charge in [-0.3, -0.25) is 0 Å². The van der Waals surface area contributed by atoms with Crippen LogP contribution in [0.5, 0.6) is 0 Å². The molecule has 0 aliphatic heterocycles. The van der Waals surface area contributed by atoms with Gasteiger partial charge in [0.05, 0.1) is 0 Å². The Bertz CT molecular complexity index is 8.00. The quantitative estimate of drug-likeness (QED) is 0.428. The maximum absolute atomic E-state index is 0. The molecule has 0 N–H and O–H groups in total. The molecule has 4 heavy (non-hydrogen) atoms. The van der Waals surface area contributed by atoms with Crippen LogP contribution in [0.15, 0.2) is 0 Å². The first-order valence-electron chi connectivity index (χ1n) is 0. The fraction of sp³-hybridized carbons (Fsp3) is 0. The molecule has 0 aromatic heterocycles. The van der Waals surface area contributed by atoms with Crippen LogP contribution in [-0.4, -0.2) is 65.7 Å². The Morgan fingerprint density at radius 3 is 1.00 bits per heavy atom. The molecule has 0 spiro atoms. The van der Waals surface area contributed by atoms with Crippen molar-refractivity contribution >= 4 is 65.7 Å². The number of hydrogen-bond donors (Lipinski definition) is 0. The van der Waals surface area contributed by atoms with Crippen molar-refractivity contribution in [3.8, 4) is 0 Å². The summed E-state index contributed by atoms with van der Waals surface area (Å²) in [6.45, 7) is 0. The van der Waals surface area contributed by atoms with Gasteiger partial charge in [0.2, 0.25) is 0 Å². The smallest absolute Gasteiger partial charge is 0 e. The monoisotopic (exact) mass is 431 g/mol. The van der Waals surface area contributed by atoms with Crippen LogP contribution >= 0.6 is 0 Å². The van der Waals surface area contributed by atoms with Crippen molar-refractivity contribution in [2.75, 3.05) is 0 Å². The normalized spacial score (nSPS) is 0. The van der Waals surface area contributed by atoms with Crippen molar-refractivity contribution in [2.24, 2.45) is 0 Å². The largest absolute Gasteiger partial charge is 0 e. The third-order valence-corrected chi connectivity index (χ3v) is 0. The maximum atomic E-state index is 0. The molecule has 0 heterocycles. The fourth-order valence-electron chi connectivity index (χ4n) is 0. The first-order chi connectivity index (χ1) is 0. The van der Waals surface area contributed by atoms with E-state index in [2.05, 4.69) is 0 Å². The van der Waals surface area contributed by atoms with Crippen molar-refractivity contribution < 1.29 is 20.4 Å². The molecule has 0 aliphatic carbocycles. The molecule has 0 unspecified atom stereocenters. The molecular formula is GePdSbTe. The van der Waals surface area contributed by atoms with Gasteiger partial charge < -0.3 is 0 Å². The van der Waals surface area contributed by atoms with E-state index in [-0.39, 0.29) is 86.1 Å². The minimum absolute atomic E-state index is 0. The zero-order chi connectivity index (χ0) is 0. The summed E-state index contributed by atoms with van der Waals surface area (Å²) in [7, 11) is 0. The summed E-state index contributed by atoms with van der Waals surface area (Å²) in [5, 5.41) is 0. The molecule has 0 fully saturated rings. The van der Waals surface area contributed by atoms with E-state index < -0.39 is 0 Å². The third-order valence-electron chi connectivity index (χ3n) is 0. The van der Waals surface area contributed by atoms with Crippen molar-refractivity contribution in [1.29, 1.82) is 0 Å². The zero-order valence-corrected chi connectivity index (χ0v) is 10.2. The van der Waals surface area contributed by atoms with Crippen molar-refractivity contribution in [3.63, 3.8) is 0 Å². The zero-order valence-electron chi connectivity index (χ0n) is 1.67. The van der Waals surface area contributed by atoms with E-state index in [9.17, 15) is 0 Å². The molecule has 0 aromatic carbocycles. The van der Waals surface area contributed by atoms with E-state index in [1.807, 2.05) is 0 Å². The average Bonchev–Trinajstić information content (AvgIpc) is 0. The SMILES string of the molecule is [Ge].[Pd].[Sb].[Te]. The number of hydrogen-bond acceptors (Lipinski definition) is 0. The van der Waals surface area contributed by atoms with Gasteiger partial charge in [-0.1, -0.05) is 0 Å². The molecule has 0 amide bonds.